The average Bonchev–Trinajstić information content (AvgIpc) is 1.90. The summed E-state index contributed by atoms with van der Waals surface area (Å²) in [6.45, 7) is 3.74. The van der Waals surface area contributed by atoms with Gasteiger partial charge in [0.25, 0.3) is 0 Å². The standard InChI is InChI=1S/C8H9O.Zn/c1-7-3-5-8(9-2)6-4-7;/h3-6H,1H2,2H3;/q-1;. The van der Waals surface area contributed by atoms with E-state index in [1.54, 1.807) is 7.11 Å². The Bertz CT molecular complexity index is 181. The van der Waals surface area contributed by atoms with Crippen LogP contribution in [0.1, 0.15) is 5.56 Å². The molecule has 1 rings (SSSR count). The average molecular weight is 187 g/mol. The van der Waals surface area contributed by atoms with Gasteiger partial charge in [0.15, 0.2) is 0 Å². The van der Waals surface area contributed by atoms with Crippen molar-refractivity contribution in [2.24, 2.45) is 0 Å². The molecule has 0 aliphatic heterocycles. The third-order valence-electron chi connectivity index (χ3n) is 1.16. The van der Waals surface area contributed by atoms with Crippen molar-refractivity contribution in [3.05, 3.63) is 36.8 Å². The van der Waals surface area contributed by atoms with Gasteiger partial charge in [-0.05, 0) is 0 Å². The second kappa shape index (κ2) is 4.35. The van der Waals surface area contributed by atoms with Gasteiger partial charge in [-0.3, -0.25) is 0 Å². The van der Waals surface area contributed by atoms with Crippen LogP contribution in [0, 0.1) is 6.92 Å². The molecule has 0 atom stereocenters. The van der Waals surface area contributed by atoms with Crippen LogP contribution in [0.3, 0.4) is 0 Å². The SMILES string of the molecule is [CH2-]c1ccc(OC)cc1.[Zn]. The Balaban J connectivity index is 0.000000810. The predicted octanol–water partition coefficient (Wildman–Crippen LogP) is 1.87. The fourth-order valence-corrected chi connectivity index (χ4v) is 0.626. The first-order chi connectivity index (χ1) is 4.33. The van der Waals surface area contributed by atoms with Crippen LogP contribution in [0.25, 0.3) is 0 Å². The van der Waals surface area contributed by atoms with Crippen molar-refractivity contribution < 1.29 is 24.2 Å². The number of ether oxygens (including phenoxy) is 1. The minimum atomic E-state index is 0. The summed E-state index contributed by atoms with van der Waals surface area (Å²) < 4.78 is 4.94. The van der Waals surface area contributed by atoms with Gasteiger partial charge in [0.1, 0.15) is 0 Å². The van der Waals surface area contributed by atoms with Gasteiger partial charge in [-0.25, -0.2) is 0 Å². The fourth-order valence-electron chi connectivity index (χ4n) is 0.626. The summed E-state index contributed by atoms with van der Waals surface area (Å²) in [5.41, 5.74) is 1.01. The van der Waals surface area contributed by atoms with Crippen LogP contribution in [0.2, 0.25) is 0 Å². The Hall–Kier alpha value is -0.487. The first kappa shape index (κ1) is 9.51. The Kier molecular flexibility index (Phi) is 4.14. The largest absolute Gasteiger partial charge is 0.499 e. The number of methoxy groups -OCH3 is 1. The molecule has 10 heavy (non-hydrogen) atoms. The van der Waals surface area contributed by atoms with Gasteiger partial charge in [0.05, 0.1) is 12.9 Å². The van der Waals surface area contributed by atoms with E-state index < -0.39 is 0 Å². The van der Waals surface area contributed by atoms with Gasteiger partial charge in [-0.1, -0.05) is 12.1 Å². The summed E-state index contributed by atoms with van der Waals surface area (Å²) in [4.78, 5) is 0. The molecule has 2 heteroatoms. The Morgan fingerprint density at radius 1 is 1.20 bits per heavy atom. The molecule has 0 saturated carbocycles. The molecule has 1 aromatic carbocycles. The van der Waals surface area contributed by atoms with Gasteiger partial charge in [0, 0.05) is 19.5 Å². The smallest absolute Gasteiger partial charge is 0.0943 e. The molecule has 0 amide bonds. The van der Waals surface area contributed by atoms with E-state index in [0.717, 1.165) is 11.3 Å². The van der Waals surface area contributed by atoms with Gasteiger partial charge in [-0.2, -0.15) is 24.6 Å². The van der Waals surface area contributed by atoms with E-state index >= 15 is 0 Å². The van der Waals surface area contributed by atoms with Gasteiger partial charge in [-0.15, -0.1) is 0 Å². The van der Waals surface area contributed by atoms with Crippen molar-refractivity contribution in [3.63, 3.8) is 0 Å². The van der Waals surface area contributed by atoms with Crippen LogP contribution in [0.5, 0.6) is 5.75 Å². The molecule has 0 saturated heterocycles. The summed E-state index contributed by atoms with van der Waals surface area (Å²) in [6.07, 6.45) is 0. The quantitative estimate of drug-likeness (QED) is 0.481. The number of benzene rings is 1. The molecule has 0 aromatic heterocycles. The maximum absolute atomic E-state index is 4.94. The molecule has 0 fully saturated rings. The van der Waals surface area contributed by atoms with Crippen molar-refractivity contribution >= 4 is 0 Å². The molecule has 0 heterocycles. The third-order valence-corrected chi connectivity index (χ3v) is 1.16. The minimum absolute atomic E-state index is 0. The topological polar surface area (TPSA) is 9.23 Å². The molecule has 0 bridgehead atoms. The number of hydrogen-bond acceptors (Lipinski definition) is 1. The van der Waals surface area contributed by atoms with Crippen LogP contribution in [0.15, 0.2) is 24.3 Å². The van der Waals surface area contributed by atoms with E-state index in [4.69, 9.17) is 4.74 Å². The second-order valence-electron chi connectivity index (χ2n) is 1.85. The monoisotopic (exact) mass is 185 g/mol. The van der Waals surface area contributed by atoms with E-state index in [1.165, 1.54) is 0 Å². The molecule has 0 unspecified atom stereocenters. The maximum Gasteiger partial charge on any atom is 0.0943 e. The molecule has 0 aliphatic carbocycles. The van der Waals surface area contributed by atoms with Crippen LogP contribution in [0.4, 0.5) is 0 Å². The van der Waals surface area contributed by atoms with E-state index in [0.29, 0.717) is 0 Å². The predicted molar refractivity (Wildman–Crippen MR) is 37.5 cm³/mol. The molecular formula is C8H9OZn-. The van der Waals surface area contributed by atoms with E-state index in [2.05, 4.69) is 6.92 Å². The third kappa shape index (κ3) is 2.40. The van der Waals surface area contributed by atoms with Crippen molar-refractivity contribution in [2.75, 3.05) is 7.11 Å². The summed E-state index contributed by atoms with van der Waals surface area (Å²) >= 11 is 0. The summed E-state index contributed by atoms with van der Waals surface area (Å²) in [6, 6.07) is 7.61. The first-order valence-corrected chi connectivity index (χ1v) is 2.79. The van der Waals surface area contributed by atoms with Crippen LogP contribution >= 0.6 is 0 Å². The zero-order valence-electron chi connectivity index (χ0n) is 6.13. The minimum Gasteiger partial charge on any atom is -0.499 e. The molecule has 0 radical (unpaired) electrons. The van der Waals surface area contributed by atoms with Gasteiger partial charge < -0.3 is 4.74 Å². The van der Waals surface area contributed by atoms with Gasteiger partial charge >= 0.3 is 0 Å². The zero-order valence-corrected chi connectivity index (χ0v) is 9.10. The van der Waals surface area contributed by atoms with Crippen LogP contribution in [-0.4, -0.2) is 7.11 Å². The second-order valence-corrected chi connectivity index (χ2v) is 1.85. The number of rotatable bonds is 1. The number of hydrogen-bond donors (Lipinski definition) is 0. The maximum atomic E-state index is 4.94. The normalized spacial score (nSPS) is 8.10. The fraction of sp³-hybridized carbons (Fsp3) is 0.125. The molecule has 1 aromatic rings. The summed E-state index contributed by atoms with van der Waals surface area (Å²) in [5, 5.41) is 0. The molecular weight excluding hydrogens is 177 g/mol. The summed E-state index contributed by atoms with van der Waals surface area (Å²) in [5.74, 6) is 0.877. The Labute approximate surface area is 74.2 Å². The molecule has 0 spiro atoms. The molecule has 0 N–H and O–H groups in total. The van der Waals surface area contributed by atoms with Crippen molar-refractivity contribution in [2.45, 2.75) is 0 Å². The molecule has 50 valence electrons. The molecule has 1 nitrogen and oxygen atoms in total. The van der Waals surface area contributed by atoms with E-state index in [1.807, 2.05) is 24.3 Å². The van der Waals surface area contributed by atoms with Crippen LogP contribution < -0.4 is 4.74 Å². The van der Waals surface area contributed by atoms with Crippen molar-refractivity contribution in [1.82, 2.24) is 0 Å². The van der Waals surface area contributed by atoms with Crippen molar-refractivity contribution in [1.29, 1.82) is 0 Å². The summed E-state index contributed by atoms with van der Waals surface area (Å²) in [7, 11) is 1.65. The van der Waals surface area contributed by atoms with E-state index in [9.17, 15) is 0 Å². The Morgan fingerprint density at radius 2 is 1.70 bits per heavy atom. The Morgan fingerprint density at radius 3 is 2.10 bits per heavy atom. The zero-order chi connectivity index (χ0) is 6.69. The molecule has 0 aliphatic rings. The van der Waals surface area contributed by atoms with E-state index in [-0.39, 0.29) is 19.5 Å². The van der Waals surface area contributed by atoms with Gasteiger partial charge in [0.2, 0.25) is 0 Å². The van der Waals surface area contributed by atoms with Crippen molar-refractivity contribution in [3.8, 4) is 5.75 Å². The first-order valence-electron chi connectivity index (χ1n) is 2.79. The van der Waals surface area contributed by atoms with Crippen LogP contribution in [-0.2, 0) is 19.5 Å².